The van der Waals surface area contributed by atoms with E-state index in [4.69, 9.17) is 14.5 Å². The normalized spacial score (nSPS) is 11.4. The Kier molecular flexibility index (Phi) is 4.40. The summed E-state index contributed by atoms with van der Waals surface area (Å²) in [6.07, 6.45) is 1.86. The van der Waals surface area contributed by atoms with Crippen molar-refractivity contribution in [2.75, 3.05) is 14.2 Å². The lowest BCUT2D eigenvalue weighted by atomic mass is 10.1. The molecule has 9 nitrogen and oxygen atoms in total. The maximum absolute atomic E-state index is 13.0. The van der Waals surface area contributed by atoms with Gasteiger partial charge in [0.05, 0.1) is 25.6 Å². The molecule has 3 aromatic heterocycles. The maximum atomic E-state index is 13.0. The lowest BCUT2D eigenvalue weighted by Crippen LogP contribution is -2.37. The van der Waals surface area contributed by atoms with Gasteiger partial charge in [-0.05, 0) is 12.1 Å². The van der Waals surface area contributed by atoms with Gasteiger partial charge in [-0.1, -0.05) is 30.3 Å². The fourth-order valence-corrected chi connectivity index (χ4v) is 4.00. The standard InChI is InChI=1S/C23H21N5O4/c1-25-20-19(21(29)26(2)23(25)30)27-13-16(14-8-6-5-7-9-14)28(22(27)24-20)15-10-11-17(31-3)18(12-15)32-4/h5-13H,1-4H3. The molecule has 0 radical (unpaired) electrons. The smallest absolute Gasteiger partial charge is 0.332 e. The molecule has 0 unspecified atom stereocenters. The molecule has 2 aromatic carbocycles. The fraction of sp³-hybridized carbons (Fsp3) is 0.174. The van der Waals surface area contributed by atoms with Crippen LogP contribution in [0.15, 0.2) is 64.3 Å². The molecular formula is C23H21N5O4. The Morgan fingerprint density at radius 2 is 1.59 bits per heavy atom. The summed E-state index contributed by atoms with van der Waals surface area (Å²) in [6.45, 7) is 0. The van der Waals surface area contributed by atoms with Crippen molar-refractivity contribution in [3.05, 3.63) is 75.6 Å². The molecule has 162 valence electrons. The topological polar surface area (TPSA) is 84.7 Å². The molecule has 0 spiro atoms. The molecule has 5 rings (SSSR count). The molecule has 0 saturated heterocycles. The van der Waals surface area contributed by atoms with Gasteiger partial charge in [0.15, 0.2) is 22.7 Å². The highest BCUT2D eigenvalue weighted by molar-refractivity contribution is 5.79. The van der Waals surface area contributed by atoms with Gasteiger partial charge in [0.25, 0.3) is 5.56 Å². The second kappa shape index (κ2) is 7.16. The van der Waals surface area contributed by atoms with Crippen molar-refractivity contribution in [1.29, 1.82) is 0 Å². The molecule has 0 saturated carbocycles. The van der Waals surface area contributed by atoms with E-state index in [1.807, 2.05) is 59.3 Å². The Morgan fingerprint density at radius 1 is 0.875 bits per heavy atom. The van der Waals surface area contributed by atoms with Gasteiger partial charge in [-0.3, -0.25) is 22.9 Å². The van der Waals surface area contributed by atoms with Gasteiger partial charge in [0.1, 0.15) is 0 Å². The van der Waals surface area contributed by atoms with E-state index in [0.29, 0.717) is 28.4 Å². The highest BCUT2D eigenvalue weighted by atomic mass is 16.5. The van der Waals surface area contributed by atoms with Crippen molar-refractivity contribution in [2.45, 2.75) is 0 Å². The van der Waals surface area contributed by atoms with Crippen LogP contribution in [0.1, 0.15) is 0 Å². The van der Waals surface area contributed by atoms with Crippen LogP contribution in [0, 0.1) is 0 Å². The molecule has 0 fully saturated rings. The Hall–Kier alpha value is -4.27. The number of rotatable bonds is 4. The first kappa shape index (κ1) is 19.7. The van der Waals surface area contributed by atoms with Crippen LogP contribution in [0.25, 0.3) is 33.9 Å². The van der Waals surface area contributed by atoms with Crippen LogP contribution in [0.2, 0.25) is 0 Å². The number of nitrogens with zero attached hydrogens (tertiary/aromatic N) is 5. The second-order valence-corrected chi connectivity index (χ2v) is 7.41. The molecule has 0 aliphatic carbocycles. The van der Waals surface area contributed by atoms with Crippen LogP contribution in [0.5, 0.6) is 11.5 Å². The van der Waals surface area contributed by atoms with Crippen molar-refractivity contribution < 1.29 is 9.47 Å². The summed E-state index contributed by atoms with van der Waals surface area (Å²) in [4.78, 5) is 30.1. The molecule has 5 aromatic rings. The predicted molar refractivity (Wildman–Crippen MR) is 121 cm³/mol. The summed E-state index contributed by atoms with van der Waals surface area (Å²) < 4.78 is 17.0. The monoisotopic (exact) mass is 431 g/mol. The minimum Gasteiger partial charge on any atom is -0.493 e. The molecule has 32 heavy (non-hydrogen) atoms. The lowest BCUT2D eigenvalue weighted by Gasteiger charge is -2.13. The van der Waals surface area contributed by atoms with E-state index >= 15 is 0 Å². The Labute approximate surface area is 182 Å². The average Bonchev–Trinajstić information content (AvgIpc) is 3.38. The Bertz CT molecular complexity index is 1610. The molecule has 3 heterocycles. The minimum atomic E-state index is -0.427. The van der Waals surface area contributed by atoms with Crippen LogP contribution in [-0.4, -0.2) is 37.3 Å². The molecular weight excluding hydrogens is 410 g/mol. The second-order valence-electron chi connectivity index (χ2n) is 7.41. The molecule has 0 atom stereocenters. The fourth-order valence-electron chi connectivity index (χ4n) is 4.00. The number of aromatic nitrogens is 5. The van der Waals surface area contributed by atoms with Crippen LogP contribution in [0.4, 0.5) is 0 Å². The van der Waals surface area contributed by atoms with E-state index in [-0.39, 0.29) is 0 Å². The number of methoxy groups -OCH3 is 2. The summed E-state index contributed by atoms with van der Waals surface area (Å²) in [5, 5.41) is 0. The molecule has 0 aliphatic heterocycles. The van der Waals surface area contributed by atoms with E-state index < -0.39 is 11.2 Å². The first-order chi connectivity index (χ1) is 15.5. The van der Waals surface area contributed by atoms with E-state index in [0.717, 1.165) is 21.5 Å². The van der Waals surface area contributed by atoms with Gasteiger partial charge in [-0.25, -0.2) is 4.79 Å². The van der Waals surface area contributed by atoms with Gasteiger partial charge < -0.3 is 9.47 Å². The number of hydrogen-bond acceptors (Lipinski definition) is 5. The third-order valence-electron chi connectivity index (χ3n) is 5.66. The van der Waals surface area contributed by atoms with E-state index in [9.17, 15) is 9.59 Å². The van der Waals surface area contributed by atoms with Crippen LogP contribution >= 0.6 is 0 Å². The Balaban J connectivity index is 1.94. The largest absolute Gasteiger partial charge is 0.493 e. The summed E-state index contributed by atoms with van der Waals surface area (Å²) >= 11 is 0. The first-order valence-corrected chi connectivity index (χ1v) is 9.93. The molecule has 0 aliphatic rings. The average molecular weight is 431 g/mol. The number of aryl methyl sites for hydroxylation is 1. The highest BCUT2D eigenvalue weighted by Crippen LogP contribution is 2.33. The Morgan fingerprint density at radius 3 is 2.28 bits per heavy atom. The van der Waals surface area contributed by atoms with Crippen molar-refractivity contribution in [3.8, 4) is 28.4 Å². The van der Waals surface area contributed by atoms with Gasteiger partial charge in [0, 0.05) is 31.9 Å². The predicted octanol–water partition coefficient (Wildman–Crippen LogP) is 2.36. The lowest BCUT2D eigenvalue weighted by molar-refractivity contribution is 0.355. The van der Waals surface area contributed by atoms with E-state index in [2.05, 4.69) is 0 Å². The van der Waals surface area contributed by atoms with Gasteiger partial charge in [-0.2, -0.15) is 4.98 Å². The number of ether oxygens (including phenoxy) is 2. The van der Waals surface area contributed by atoms with Crippen molar-refractivity contribution in [3.63, 3.8) is 0 Å². The molecule has 0 bridgehead atoms. The molecule has 0 N–H and O–H groups in total. The van der Waals surface area contributed by atoms with Crippen LogP contribution < -0.4 is 20.7 Å². The van der Waals surface area contributed by atoms with Crippen LogP contribution in [0.3, 0.4) is 0 Å². The van der Waals surface area contributed by atoms with Gasteiger partial charge in [0.2, 0.25) is 5.78 Å². The molecule has 0 amide bonds. The van der Waals surface area contributed by atoms with Crippen LogP contribution in [-0.2, 0) is 14.1 Å². The quantitative estimate of drug-likeness (QED) is 0.436. The zero-order valence-electron chi connectivity index (χ0n) is 18.1. The molecule has 9 heteroatoms. The summed E-state index contributed by atoms with van der Waals surface area (Å²) in [6, 6.07) is 15.4. The SMILES string of the molecule is COc1ccc(-n2c(-c3ccccc3)cn3c4c(=O)n(C)c(=O)n(C)c4nc23)cc1OC. The number of hydrogen-bond donors (Lipinski definition) is 0. The highest BCUT2D eigenvalue weighted by Gasteiger charge is 2.22. The number of imidazole rings is 2. The van der Waals surface area contributed by atoms with Gasteiger partial charge >= 0.3 is 5.69 Å². The summed E-state index contributed by atoms with van der Waals surface area (Å²) in [5.41, 5.74) is 2.38. The maximum Gasteiger partial charge on any atom is 0.332 e. The third kappa shape index (κ3) is 2.67. The third-order valence-corrected chi connectivity index (χ3v) is 5.66. The number of fused-ring (bicyclic) bond motifs is 3. The van der Waals surface area contributed by atoms with Crippen molar-refractivity contribution in [2.24, 2.45) is 14.1 Å². The summed E-state index contributed by atoms with van der Waals surface area (Å²) in [5.74, 6) is 1.67. The van der Waals surface area contributed by atoms with Crippen molar-refractivity contribution >= 4 is 16.9 Å². The summed E-state index contributed by atoms with van der Waals surface area (Å²) in [7, 11) is 6.23. The van der Waals surface area contributed by atoms with E-state index in [1.54, 1.807) is 25.7 Å². The van der Waals surface area contributed by atoms with Gasteiger partial charge in [-0.15, -0.1) is 0 Å². The van der Waals surface area contributed by atoms with Crippen molar-refractivity contribution in [1.82, 2.24) is 23.1 Å². The first-order valence-electron chi connectivity index (χ1n) is 9.93. The zero-order valence-corrected chi connectivity index (χ0v) is 18.1. The number of benzene rings is 2. The van der Waals surface area contributed by atoms with E-state index in [1.165, 1.54) is 11.6 Å². The minimum absolute atomic E-state index is 0.321. The zero-order chi connectivity index (χ0) is 22.6.